The maximum absolute atomic E-state index is 14.4. The van der Waals surface area contributed by atoms with Crippen LogP contribution in [0, 0.1) is 12.7 Å². The number of hydrogen-bond donors (Lipinski definition) is 1. The van der Waals surface area contributed by atoms with Crippen LogP contribution >= 0.6 is 0 Å². The Bertz CT molecular complexity index is 1810. The second-order valence-corrected chi connectivity index (χ2v) is 10.6. The molecule has 0 aliphatic carbocycles. The molecule has 9 heteroatoms. The van der Waals surface area contributed by atoms with Crippen molar-refractivity contribution in [1.29, 1.82) is 0 Å². The molecule has 0 unspecified atom stereocenters. The summed E-state index contributed by atoms with van der Waals surface area (Å²) < 4.78 is 45.0. The van der Waals surface area contributed by atoms with Gasteiger partial charge < -0.3 is 9.13 Å². The molecule has 0 bridgehead atoms. The van der Waals surface area contributed by atoms with Crippen LogP contribution < -0.4 is 10.3 Å². The van der Waals surface area contributed by atoms with Gasteiger partial charge >= 0.3 is 0 Å². The first-order chi connectivity index (χ1) is 18.2. The molecule has 2 heterocycles. The van der Waals surface area contributed by atoms with E-state index in [0.29, 0.717) is 34.3 Å². The van der Waals surface area contributed by atoms with E-state index in [-0.39, 0.29) is 17.0 Å². The topological polar surface area (TPSA) is 90.2 Å². The minimum absolute atomic E-state index is 0.0223. The van der Waals surface area contributed by atoms with Gasteiger partial charge in [0, 0.05) is 40.0 Å². The minimum atomic E-state index is -4.05. The normalized spacial score (nSPS) is 11.5. The van der Waals surface area contributed by atoms with Crippen molar-refractivity contribution in [3.8, 4) is 11.1 Å². The van der Waals surface area contributed by atoms with Crippen LogP contribution in [0.5, 0.6) is 0 Å². The average Bonchev–Trinajstić information content (AvgIpc) is 3.16. The second kappa shape index (κ2) is 10.1. The zero-order valence-electron chi connectivity index (χ0n) is 20.5. The fourth-order valence-electron chi connectivity index (χ4n) is 4.59. The summed E-state index contributed by atoms with van der Waals surface area (Å²) in [6, 6.07) is 24.5. The van der Waals surface area contributed by atoms with E-state index in [9.17, 15) is 22.4 Å². The SMILES string of the molecule is Cc1c(-c2ccc(=O)n(Cc3ccccc3)c2)c2cc(F)ccc2n1CC(=O)NS(=O)(=O)c1ccccc1. The van der Waals surface area contributed by atoms with Crippen LogP contribution in [-0.2, 0) is 27.9 Å². The van der Waals surface area contributed by atoms with E-state index >= 15 is 0 Å². The van der Waals surface area contributed by atoms with Gasteiger partial charge in [0.15, 0.2) is 0 Å². The number of carbonyl (C=O) groups is 1. The maximum Gasteiger partial charge on any atom is 0.264 e. The molecule has 5 rings (SSSR count). The Morgan fingerprint density at radius 3 is 2.32 bits per heavy atom. The second-order valence-electron chi connectivity index (χ2n) is 8.92. The smallest absolute Gasteiger partial charge is 0.264 e. The zero-order valence-corrected chi connectivity index (χ0v) is 21.3. The third kappa shape index (κ3) is 5.01. The first-order valence-corrected chi connectivity index (χ1v) is 13.3. The van der Waals surface area contributed by atoms with Gasteiger partial charge in [0.25, 0.3) is 21.5 Å². The molecule has 38 heavy (non-hydrogen) atoms. The highest BCUT2D eigenvalue weighted by atomic mass is 32.2. The van der Waals surface area contributed by atoms with E-state index in [4.69, 9.17) is 0 Å². The van der Waals surface area contributed by atoms with Gasteiger partial charge in [-0.15, -0.1) is 0 Å². The highest BCUT2D eigenvalue weighted by Crippen LogP contribution is 2.35. The minimum Gasteiger partial charge on any atom is -0.335 e. The maximum atomic E-state index is 14.4. The Morgan fingerprint density at radius 2 is 1.61 bits per heavy atom. The van der Waals surface area contributed by atoms with Gasteiger partial charge in [0.2, 0.25) is 0 Å². The molecule has 2 aromatic heterocycles. The first-order valence-electron chi connectivity index (χ1n) is 11.9. The highest BCUT2D eigenvalue weighted by Gasteiger charge is 2.22. The summed E-state index contributed by atoms with van der Waals surface area (Å²) in [5.74, 6) is -1.19. The number of fused-ring (bicyclic) bond motifs is 1. The van der Waals surface area contributed by atoms with Crippen molar-refractivity contribution in [3.63, 3.8) is 0 Å². The molecule has 1 N–H and O–H groups in total. The molecule has 0 atom stereocenters. The summed E-state index contributed by atoms with van der Waals surface area (Å²) in [5, 5.41) is 0.547. The molecule has 0 aliphatic rings. The Labute approximate surface area is 218 Å². The number of rotatable bonds is 7. The fraction of sp³-hybridized carbons (Fsp3) is 0.103. The van der Waals surface area contributed by atoms with Crippen LogP contribution in [0.15, 0.2) is 107 Å². The molecule has 3 aromatic carbocycles. The largest absolute Gasteiger partial charge is 0.335 e. The molecule has 192 valence electrons. The summed E-state index contributed by atoms with van der Waals surface area (Å²) in [6.45, 7) is 1.84. The Hall–Kier alpha value is -4.50. The lowest BCUT2D eigenvalue weighted by molar-refractivity contribution is -0.119. The Balaban J connectivity index is 1.54. The first kappa shape index (κ1) is 25.2. The molecule has 0 radical (unpaired) electrons. The number of carbonyl (C=O) groups excluding carboxylic acids is 1. The van der Waals surface area contributed by atoms with E-state index in [1.807, 2.05) is 30.3 Å². The molecular formula is C29H24FN3O4S. The molecule has 0 saturated heterocycles. The fourth-order valence-corrected chi connectivity index (χ4v) is 5.59. The van der Waals surface area contributed by atoms with Gasteiger partial charge in [-0.25, -0.2) is 17.5 Å². The van der Waals surface area contributed by atoms with E-state index in [0.717, 1.165) is 5.56 Å². The lowest BCUT2D eigenvalue weighted by Crippen LogP contribution is -2.33. The van der Waals surface area contributed by atoms with Gasteiger partial charge in [-0.2, -0.15) is 0 Å². The molecule has 7 nitrogen and oxygen atoms in total. The van der Waals surface area contributed by atoms with Crippen molar-refractivity contribution in [2.45, 2.75) is 24.9 Å². The number of hydrogen-bond acceptors (Lipinski definition) is 4. The standard InChI is InChI=1S/C29H24FN3O4S/c1-20-29(22-12-15-28(35)32(18-22)17-21-8-4-2-5-9-21)25-16-23(30)13-14-26(25)33(20)19-27(34)31-38(36,37)24-10-6-3-7-11-24/h2-16,18H,17,19H2,1H3,(H,31,34). The molecule has 0 saturated carbocycles. The monoisotopic (exact) mass is 529 g/mol. The number of halogens is 1. The Kier molecular flexibility index (Phi) is 6.69. The Morgan fingerprint density at radius 1 is 0.921 bits per heavy atom. The number of pyridine rings is 1. The number of nitrogens with one attached hydrogen (secondary N) is 1. The van der Waals surface area contributed by atoms with E-state index in [1.54, 1.807) is 52.6 Å². The van der Waals surface area contributed by atoms with Crippen LogP contribution in [0.1, 0.15) is 11.3 Å². The van der Waals surface area contributed by atoms with Gasteiger partial charge in [0.1, 0.15) is 12.4 Å². The number of aromatic nitrogens is 2. The summed E-state index contributed by atoms with van der Waals surface area (Å²) in [6.07, 6.45) is 1.71. The zero-order chi connectivity index (χ0) is 26.9. The van der Waals surface area contributed by atoms with Gasteiger partial charge in [0.05, 0.1) is 11.4 Å². The van der Waals surface area contributed by atoms with Crippen molar-refractivity contribution in [2.24, 2.45) is 0 Å². The number of amides is 1. The van der Waals surface area contributed by atoms with Crippen molar-refractivity contribution < 1.29 is 17.6 Å². The number of sulfonamides is 1. The van der Waals surface area contributed by atoms with E-state index in [1.165, 1.54) is 30.3 Å². The number of nitrogens with zero attached hydrogens (tertiary/aromatic N) is 2. The lowest BCUT2D eigenvalue weighted by atomic mass is 10.0. The van der Waals surface area contributed by atoms with Crippen LogP contribution in [0.2, 0.25) is 0 Å². The summed E-state index contributed by atoms with van der Waals surface area (Å²) >= 11 is 0. The van der Waals surface area contributed by atoms with Crippen molar-refractivity contribution in [3.05, 3.63) is 125 Å². The quantitative estimate of drug-likeness (QED) is 0.337. The molecule has 1 amide bonds. The predicted octanol–water partition coefficient (Wildman–Crippen LogP) is 4.47. The van der Waals surface area contributed by atoms with Crippen LogP contribution in [0.3, 0.4) is 0 Å². The molecular weight excluding hydrogens is 505 g/mol. The third-order valence-electron chi connectivity index (χ3n) is 6.36. The summed E-state index contributed by atoms with van der Waals surface area (Å²) in [4.78, 5) is 25.5. The molecule has 0 fully saturated rings. The molecule has 5 aromatic rings. The van der Waals surface area contributed by atoms with Gasteiger partial charge in [-0.3, -0.25) is 9.59 Å². The number of benzene rings is 3. The van der Waals surface area contributed by atoms with Crippen molar-refractivity contribution in [2.75, 3.05) is 0 Å². The lowest BCUT2D eigenvalue weighted by Gasteiger charge is -2.11. The predicted molar refractivity (Wildman–Crippen MR) is 144 cm³/mol. The summed E-state index contributed by atoms with van der Waals surface area (Å²) in [7, 11) is -4.05. The van der Waals surface area contributed by atoms with Crippen LogP contribution in [-0.4, -0.2) is 23.5 Å². The van der Waals surface area contributed by atoms with E-state index in [2.05, 4.69) is 4.72 Å². The average molecular weight is 530 g/mol. The molecule has 0 spiro atoms. The highest BCUT2D eigenvalue weighted by molar-refractivity contribution is 7.90. The van der Waals surface area contributed by atoms with Gasteiger partial charge in [-0.1, -0.05) is 48.5 Å². The van der Waals surface area contributed by atoms with Crippen LogP contribution in [0.4, 0.5) is 4.39 Å². The van der Waals surface area contributed by atoms with Gasteiger partial charge in [-0.05, 0) is 48.9 Å². The van der Waals surface area contributed by atoms with Crippen LogP contribution in [0.25, 0.3) is 22.0 Å². The van der Waals surface area contributed by atoms with Crippen molar-refractivity contribution >= 4 is 26.8 Å². The summed E-state index contributed by atoms with van der Waals surface area (Å²) in [5.41, 5.74) is 3.28. The van der Waals surface area contributed by atoms with E-state index < -0.39 is 21.7 Å². The third-order valence-corrected chi connectivity index (χ3v) is 7.75. The molecule has 0 aliphatic heterocycles. The van der Waals surface area contributed by atoms with Crippen molar-refractivity contribution in [1.82, 2.24) is 13.9 Å².